The molecule has 2 aromatic rings. The molecule has 0 amide bonds. The van der Waals surface area contributed by atoms with E-state index < -0.39 is 4.92 Å². The molecule has 0 spiro atoms. The first kappa shape index (κ1) is 13.2. The third kappa shape index (κ3) is 2.63. The van der Waals surface area contributed by atoms with Crippen molar-refractivity contribution in [1.29, 1.82) is 0 Å². The molecule has 0 atom stereocenters. The highest BCUT2D eigenvalue weighted by Gasteiger charge is 2.23. The number of nitrogens with one attached hydrogen (secondary N) is 1. The van der Waals surface area contributed by atoms with Gasteiger partial charge in [-0.25, -0.2) is 15.8 Å². The number of hydrogen-bond acceptors (Lipinski definition) is 8. The number of imidazole rings is 1. The Morgan fingerprint density at radius 2 is 2.26 bits per heavy atom. The van der Waals surface area contributed by atoms with E-state index in [2.05, 4.69) is 20.4 Å². The first-order valence-electron chi connectivity index (χ1n) is 5.17. The highest BCUT2D eigenvalue weighted by molar-refractivity contribution is 7.99. The molecular weight excluding hydrogens is 270 g/mol. The Morgan fingerprint density at radius 3 is 2.79 bits per heavy atom. The Kier molecular flexibility index (Phi) is 3.62. The number of aromatic nitrogens is 4. The van der Waals surface area contributed by atoms with Crippen molar-refractivity contribution in [3.05, 3.63) is 28.2 Å². The normalized spacial score (nSPS) is 10.5. The summed E-state index contributed by atoms with van der Waals surface area (Å²) in [5.41, 5.74) is 2.38. The van der Waals surface area contributed by atoms with E-state index >= 15 is 0 Å². The first-order valence-corrected chi connectivity index (χ1v) is 5.99. The van der Waals surface area contributed by atoms with Crippen LogP contribution in [0, 0.1) is 17.0 Å². The van der Waals surface area contributed by atoms with E-state index in [9.17, 15) is 10.1 Å². The summed E-state index contributed by atoms with van der Waals surface area (Å²) in [6, 6.07) is 0. The molecular formula is C9H11N7O2S. The van der Waals surface area contributed by atoms with Gasteiger partial charge in [-0.05, 0) is 18.7 Å². The molecule has 9 nitrogen and oxygen atoms in total. The number of nitrogens with two attached hydrogens (primary N) is 1. The molecule has 0 radical (unpaired) electrons. The van der Waals surface area contributed by atoms with E-state index in [0.29, 0.717) is 5.16 Å². The van der Waals surface area contributed by atoms with E-state index in [1.807, 2.05) is 0 Å². The Balaban J connectivity index is 2.50. The smallest absolute Gasteiger partial charge is 0.322 e. The zero-order valence-electron chi connectivity index (χ0n) is 10.2. The van der Waals surface area contributed by atoms with Crippen molar-refractivity contribution >= 4 is 23.4 Å². The van der Waals surface area contributed by atoms with Gasteiger partial charge in [-0.3, -0.25) is 15.5 Å². The average molecular weight is 281 g/mol. The van der Waals surface area contributed by atoms with Crippen LogP contribution < -0.4 is 11.3 Å². The summed E-state index contributed by atoms with van der Waals surface area (Å²) in [4.78, 5) is 22.6. The molecule has 0 saturated heterocycles. The second-order valence-electron chi connectivity index (χ2n) is 3.61. The minimum Gasteiger partial charge on any atom is -0.329 e. The van der Waals surface area contributed by atoms with Crippen LogP contribution in [-0.4, -0.2) is 24.4 Å². The molecule has 19 heavy (non-hydrogen) atoms. The second kappa shape index (κ2) is 5.20. The fourth-order valence-corrected chi connectivity index (χ4v) is 2.37. The maximum Gasteiger partial charge on any atom is 0.322 e. The molecule has 2 rings (SSSR count). The molecule has 0 bridgehead atoms. The molecule has 2 aromatic heterocycles. The summed E-state index contributed by atoms with van der Waals surface area (Å²) in [6.45, 7) is 1.53. The monoisotopic (exact) mass is 281 g/mol. The number of aryl methyl sites for hydroxylation is 2. The van der Waals surface area contributed by atoms with Gasteiger partial charge in [0.05, 0.1) is 4.92 Å². The highest BCUT2D eigenvalue weighted by atomic mass is 32.2. The Hall–Kier alpha value is -2.20. The van der Waals surface area contributed by atoms with Gasteiger partial charge >= 0.3 is 5.69 Å². The van der Waals surface area contributed by atoms with Crippen LogP contribution in [-0.2, 0) is 7.05 Å². The summed E-state index contributed by atoms with van der Waals surface area (Å²) >= 11 is 1.08. The fraction of sp³-hybridized carbons (Fsp3) is 0.222. The van der Waals surface area contributed by atoms with Gasteiger partial charge < -0.3 is 4.57 Å². The van der Waals surface area contributed by atoms with Crippen molar-refractivity contribution in [2.24, 2.45) is 12.9 Å². The highest BCUT2D eigenvalue weighted by Crippen LogP contribution is 2.34. The molecule has 0 aliphatic rings. The lowest BCUT2D eigenvalue weighted by Gasteiger charge is -2.06. The number of nitro groups is 1. The van der Waals surface area contributed by atoms with Gasteiger partial charge in [-0.15, -0.1) is 0 Å². The zero-order valence-corrected chi connectivity index (χ0v) is 11.0. The van der Waals surface area contributed by atoms with Crippen molar-refractivity contribution in [1.82, 2.24) is 19.5 Å². The average Bonchev–Trinajstić information content (AvgIpc) is 2.73. The molecule has 0 aliphatic heterocycles. The van der Waals surface area contributed by atoms with Crippen molar-refractivity contribution < 1.29 is 4.92 Å². The largest absolute Gasteiger partial charge is 0.329 e. The summed E-state index contributed by atoms with van der Waals surface area (Å²) in [5, 5.41) is 11.9. The van der Waals surface area contributed by atoms with Gasteiger partial charge in [0.2, 0.25) is 5.95 Å². The van der Waals surface area contributed by atoms with Crippen molar-refractivity contribution in [3.63, 3.8) is 0 Å². The second-order valence-corrected chi connectivity index (χ2v) is 4.57. The number of hydrazine groups is 1. The van der Waals surface area contributed by atoms with E-state index in [1.54, 1.807) is 24.0 Å². The molecule has 0 aromatic carbocycles. The van der Waals surface area contributed by atoms with E-state index in [-0.39, 0.29) is 22.4 Å². The summed E-state index contributed by atoms with van der Waals surface area (Å²) in [7, 11) is 1.79. The molecule has 2 heterocycles. The topological polar surface area (TPSA) is 125 Å². The van der Waals surface area contributed by atoms with E-state index in [4.69, 9.17) is 5.84 Å². The van der Waals surface area contributed by atoms with Crippen LogP contribution >= 0.6 is 11.8 Å². The third-order valence-electron chi connectivity index (χ3n) is 2.30. The minimum absolute atomic E-state index is 0.125. The van der Waals surface area contributed by atoms with Crippen LogP contribution in [0.5, 0.6) is 0 Å². The van der Waals surface area contributed by atoms with Crippen LogP contribution in [0.25, 0.3) is 0 Å². The van der Waals surface area contributed by atoms with Gasteiger partial charge in [-0.2, -0.15) is 4.98 Å². The Morgan fingerprint density at radius 1 is 1.53 bits per heavy atom. The lowest BCUT2D eigenvalue weighted by atomic mass is 10.4. The number of anilines is 1. The summed E-state index contributed by atoms with van der Waals surface area (Å²) in [5.74, 6) is 5.37. The SMILES string of the molecule is Cc1nc(NN)nc(Sc2nccn2C)c1[N+](=O)[O-]. The van der Waals surface area contributed by atoms with E-state index in [1.165, 1.54) is 6.92 Å². The van der Waals surface area contributed by atoms with Gasteiger partial charge in [0.15, 0.2) is 10.2 Å². The molecule has 10 heteroatoms. The molecule has 0 fully saturated rings. The Labute approximate surface area is 112 Å². The standard InChI is InChI=1S/C9H11N7O2S/c1-5-6(16(17)18)7(13-8(12-5)14-10)19-9-11-3-4-15(9)2/h3-4H,10H2,1-2H3,(H,12,13,14). The van der Waals surface area contributed by atoms with Crippen LogP contribution in [0.1, 0.15) is 5.69 Å². The van der Waals surface area contributed by atoms with Gasteiger partial charge in [0.1, 0.15) is 5.69 Å². The van der Waals surface area contributed by atoms with Crippen LogP contribution in [0.2, 0.25) is 0 Å². The third-order valence-corrected chi connectivity index (χ3v) is 3.36. The zero-order chi connectivity index (χ0) is 14.0. The van der Waals surface area contributed by atoms with Crippen LogP contribution in [0.15, 0.2) is 22.6 Å². The lowest BCUT2D eigenvalue weighted by molar-refractivity contribution is -0.389. The first-order chi connectivity index (χ1) is 9.02. The Bertz CT molecular complexity index is 627. The van der Waals surface area contributed by atoms with Gasteiger partial charge in [-0.1, -0.05) is 0 Å². The lowest BCUT2D eigenvalue weighted by Crippen LogP contribution is -2.12. The number of hydrogen-bond donors (Lipinski definition) is 2. The number of rotatable bonds is 4. The molecule has 0 aliphatic carbocycles. The molecule has 100 valence electrons. The van der Waals surface area contributed by atoms with Crippen molar-refractivity contribution in [2.75, 3.05) is 5.43 Å². The molecule has 0 unspecified atom stereocenters. The van der Waals surface area contributed by atoms with Crippen molar-refractivity contribution in [2.45, 2.75) is 17.1 Å². The van der Waals surface area contributed by atoms with Crippen LogP contribution in [0.3, 0.4) is 0 Å². The van der Waals surface area contributed by atoms with Gasteiger partial charge in [0, 0.05) is 19.4 Å². The number of nitrogen functional groups attached to an aromatic ring is 1. The number of nitrogens with zero attached hydrogens (tertiary/aromatic N) is 5. The maximum absolute atomic E-state index is 11.1. The van der Waals surface area contributed by atoms with Crippen molar-refractivity contribution in [3.8, 4) is 0 Å². The molecule has 3 N–H and O–H groups in total. The quantitative estimate of drug-likeness (QED) is 0.366. The van der Waals surface area contributed by atoms with Gasteiger partial charge in [0.25, 0.3) is 0 Å². The maximum atomic E-state index is 11.1. The minimum atomic E-state index is -0.513. The predicted octanol–water partition coefficient (Wildman–Crippen LogP) is 0.864. The fourth-order valence-electron chi connectivity index (χ4n) is 1.42. The summed E-state index contributed by atoms with van der Waals surface area (Å²) < 4.78 is 1.74. The molecule has 0 saturated carbocycles. The predicted molar refractivity (Wildman–Crippen MR) is 68.6 cm³/mol. The van der Waals surface area contributed by atoms with E-state index in [0.717, 1.165) is 11.8 Å². The van der Waals surface area contributed by atoms with Crippen LogP contribution in [0.4, 0.5) is 11.6 Å². The summed E-state index contributed by atoms with van der Waals surface area (Å²) in [6.07, 6.45) is 3.34.